The lowest BCUT2D eigenvalue weighted by Crippen LogP contribution is -2.20. The smallest absolute Gasteiger partial charge is 0.303 e. The first-order chi connectivity index (χ1) is 12.0. The highest BCUT2D eigenvalue weighted by Gasteiger charge is 2.10. The Morgan fingerprint density at radius 2 is 1.64 bits per heavy atom. The predicted molar refractivity (Wildman–Crippen MR) is 92.7 cm³/mol. The van der Waals surface area contributed by atoms with Gasteiger partial charge in [-0.25, -0.2) is 0 Å². The SMILES string of the molecule is COc1ccccc1NC(=O)c1ccc(NC(=O)COC(C)=O)cc1. The standard InChI is InChI=1S/C18H18N2O5/c1-12(21)25-11-17(22)19-14-9-7-13(8-10-14)18(23)20-15-5-3-4-6-16(15)24-2/h3-10H,11H2,1-2H3,(H,19,22)(H,20,23). The second-order valence-electron chi connectivity index (χ2n) is 5.06. The Kier molecular flexibility index (Phi) is 6.11. The molecule has 0 aromatic heterocycles. The van der Waals surface area contributed by atoms with Gasteiger partial charge in [-0.1, -0.05) is 12.1 Å². The number of methoxy groups -OCH3 is 1. The van der Waals surface area contributed by atoms with Crippen molar-refractivity contribution in [1.82, 2.24) is 0 Å². The fourth-order valence-electron chi connectivity index (χ4n) is 2.01. The summed E-state index contributed by atoms with van der Waals surface area (Å²) in [5.74, 6) is -0.729. The minimum absolute atomic E-state index is 0.303. The van der Waals surface area contributed by atoms with E-state index in [4.69, 9.17) is 4.74 Å². The number of hydrogen-bond donors (Lipinski definition) is 2. The molecule has 2 rings (SSSR count). The summed E-state index contributed by atoms with van der Waals surface area (Å²) in [5, 5.41) is 5.33. The summed E-state index contributed by atoms with van der Waals surface area (Å²) in [5.41, 5.74) is 1.48. The van der Waals surface area contributed by atoms with Crippen LogP contribution in [0, 0.1) is 0 Å². The predicted octanol–water partition coefficient (Wildman–Crippen LogP) is 2.45. The van der Waals surface area contributed by atoms with Crippen molar-refractivity contribution in [2.75, 3.05) is 24.4 Å². The molecule has 7 nitrogen and oxygen atoms in total. The van der Waals surface area contributed by atoms with Gasteiger partial charge in [0.25, 0.3) is 11.8 Å². The minimum Gasteiger partial charge on any atom is -0.495 e. The van der Waals surface area contributed by atoms with Crippen molar-refractivity contribution in [1.29, 1.82) is 0 Å². The molecule has 2 aromatic carbocycles. The number of para-hydroxylation sites is 2. The first-order valence-corrected chi connectivity index (χ1v) is 7.47. The van der Waals surface area contributed by atoms with E-state index in [0.29, 0.717) is 22.7 Å². The lowest BCUT2D eigenvalue weighted by molar-refractivity contribution is -0.144. The maximum Gasteiger partial charge on any atom is 0.303 e. The molecule has 130 valence electrons. The van der Waals surface area contributed by atoms with Crippen molar-refractivity contribution in [3.63, 3.8) is 0 Å². The number of benzene rings is 2. The maximum absolute atomic E-state index is 12.3. The number of ether oxygens (including phenoxy) is 2. The molecule has 0 saturated carbocycles. The molecular formula is C18H18N2O5. The largest absolute Gasteiger partial charge is 0.495 e. The van der Waals surface area contributed by atoms with Crippen LogP contribution in [0.1, 0.15) is 17.3 Å². The zero-order valence-electron chi connectivity index (χ0n) is 13.9. The highest BCUT2D eigenvalue weighted by atomic mass is 16.5. The number of esters is 1. The second kappa shape index (κ2) is 8.49. The molecule has 2 amide bonds. The van der Waals surface area contributed by atoms with Crippen LogP contribution < -0.4 is 15.4 Å². The molecule has 0 spiro atoms. The third-order valence-corrected chi connectivity index (χ3v) is 3.19. The van der Waals surface area contributed by atoms with Gasteiger partial charge in [0.1, 0.15) is 5.75 Å². The Hall–Kier alpha value is -3.35. The molecule has 2 aromatic rings. The fourth-order valence-corrected chi connectivity index (χ4v) is 2.01. The summed E-state index contributed by atoms with van der Waals surface area (Å²) in [6, 6.07) is 13.4. The van der Waals surface area contributed by atoms with Crippen LogP contribution in [0.4, 0.5) is 11.4 Å². The molecule has 7 heteroatoms. The molecular weight excluding hydrogens is 324 g/mol. The topological polar surface area (TPSA) is 93.7 Å². The molecule has 0 bridgehead atoms. The number of hydrogen-bond acceptors (Lipinski definition) is 5. The first kappa shape index (κ1) is 18.0. The normalized spacial score (nSPS) is 9.84. The fraction of sp³-hybridized carbons (Fsp3) is 0.167. The average Bonchev–Trinajstić information content (AvgIpc) is 2.61. The van der Waals surface area contributed by atoms with E-state index in [-0.39, 0.29) is 12.5 Å². The molecule has 0 aliphatic heterocycles. The molecule has 0 fully saturated rings. The summed E-state index contributed by atoms with van der Waals surface area (Å²) >= 11 is 0. The van der Waals surface area contributed by atoms with E-state index in [1.54, 1.807) is 42.5 Å². The van der Waals surface area contributed by atoms with E-state index in [1.165, 1.54) is 14.0 Å². The molecule has 0 radical (unpaired) electrons. The zero-order chi connectivity index (χ0) is 18.2. The number of amides is 2. The van der Waals surface area contributed by atoms with Crippen LogP contribution in [0.5, 0.6) is 5.75 Å². The summed E-state index contributed by atoms with van der Waals surface area (Å²) < 4.78 is 9.79. The Morgan fingerprint density at radius 1 is 0.960 bits per heavy atom. The van der Waals surface area contributed by atoms with Gasteiger partial charge in [0, 0.05) is 18.2 Å². The van der Waals surface area contributed by atoms with E-state index >= 15 is 0 Å². The van der Waals surface area contributed by atoms with E-state index in [1.807, 2.05) is 6.07 Å². The molecule has 25 heavy (non-hydrogen) atoms. The van der Waals surface area contributed by atoms with Gasteiger partial charge in [-0.2, -0.15) is 0 Å². The first-order valence-electron chi connectivity index (χ1n) is 7.47. The van der Waals surface area contributed by atoms with Gasteiger partial charge in [0.2, 0.25) is 0 Å². The summed E-state index contributed by atoms with van der Waals surface area (Å²) in [6.45, 7) is 0.869. The molecule has 0 atom stereocenters. The van der Waals surface area contributed by atoms with Gasteiger partial charge in [-0.3, -0.25) is 14.4 Å². The lowest BCUT2D eigenvalue weighted by Gasteiger charge is -2.10. The van der Waals surface area contributed by atoms with E-state index in [0.717, 1.165) is 0 Å². The van der Waals surface area contributed by atoms with E-state index < -0.39 is 11.9 Å². The van der Waals surface area contributed by atoms with Crippen LogP contribution in [0.15, 0.2) is 48.5 Å². The van der Waals surface area contributed by atoms with Gasteiger partial charge >= 0.3 is 5.97 Å². The second-order valence-corrected chi connectivity index (χ2v) is 5.06. The van der Waals surface area contributed by atoms with Crippen molar-refractivity contribution in [2.45, 2.75) is 6.92 Å². The minimum atomic E-state index is -0.529. The van der Waals surface area contributed by atoms with Crippen LogP contribution in [-0.4, -0.2) is 31.5 Å². The summed E-state index contributed by atoms with van der Waals surface area (Å²) in [6.07, 6.45) is 0. The molecule has 0 unspecified atom stereocenters. The number of nitrogens with one attached hydrogen (secondary N) is 2. The quantitative estimate of drug-likeness (QED) is 0.787. The van der Waals surface area contributed by atoms with Gasteiger partial charge in [-0.05, 0) is 36.4 Å². The Balaban J connectivity index is 1.98. The molecule has 0 aliphatic rings. The van der Waals surface area contributed by atoms with Crippen LogP contribution in [0.2, 0.25) is 0 Å². The maximum atomic E-state index is 12.3. The average molecular weight is 342 g/mol. The zero-order valence-corrected chi connectivity index (χ0v) is 13.9. The molecule has 0 aliphatic carbocycles. The van der Waals surface area contributed by atoms with E-state index in [2.05, 4.69) is 15.4 Å². The van der Waals surface area contributed by atoms with Crippen molar-refractivity contribution < 1.29 is 23.9 Å². The highest BCUT2D eigenvalue weighted by Crippen LogP contribution is 2.23. The lowest BCUT2D eigenvalue weighted by atomic mass is 10.2. The van der Waals surface area contributed by atoms with Gasteiger partial charge < -0.3 is 20.1 Å². The molecule has 0 heterocycles. The van der Waals surface area contributed by atoms with E-state index in [9.17, 15) is 14.4 Å². The van der Waals surface area contributed by atoms with Crippen molar-refractivity contribution in [3.05, 3.63) is 54.1 Å². The highest BCUT2D eigenvalue weighted by molar-refractivity contribution is 6.05. The van der Waals surface area contributed by atoms with Crippen molar-refractivity contribution >= 4 is 29.2 Å². The van der Waals surface area contributed by atoms with Gasteiger partial charge in [-0.15, -0.1) is 0 Å². The Bertz CT molecular complexity index is 771. The Labute approximate surface area is 144 Å². The third-order valence-electron chi connectivity index (χ3n) is 3.19. The number of carbonyl (C=O) groups excluding carboxylic acids is 3. The molecule has 2 N–H and O–H groups in total. The number of anilines is 2. The van der Waals surface area contributed by atoms with Gasteiger partial charge in [0.15, 0.2) is 6.61 Å². The monoisotopic (exact) mass is 342 g/mol. The van der Waals surface area contributed by atoms with Crippen molar-refractivity contribution in [3.8, 4) is 5.75 Å². The number of carbonyl (C=O) groups is 3. The molecule has 0 saturated heterocycles. The van der Waals surface area contributed by atoms with Crippen molar-refractivity contribution in [2.24, 2.45) is 0 Å². The summed E-state index contributed by atoms with van der Waals surface area (Å²) in [7, 11) is 1.53. The van der Waals surface area contributed by atoms with Crippen LogP contribution in [0.3, 0.4) is 0 Å². The Morgan fingerprint density at radius 3 is 2.28 bits per heavy atom. The van der Waals surface area contributed by atoms with Gasteiger partial charge in [0.05, 0.1) is 12.8 Å². The number of rotatable bonds is 6. The van der Waals surface area contributed by atoms with Crippen LogP contribution in [-0.2, 0) is 14.3 Å². The van der Waals surface area contributed by atoms with Crippen LogP contribution >= 0.6 is 0 Å². The third kappa shape index (κ3) is 5.35. The summed E-state index contributed by atoms with van der Waals surface area (Å²) in [4.78, 5) is 34.5. The van der Waals surface area contributed by atoms with Crippen LogP contribution in [0.25, 0.3) is 0 Å².